The molecule has 0 atom stereocenters. The van der Waals surface area contributed by atoms with Crippen LogP contribution in [-0.2, 0) is 0 Å². The van der Waals surface area contributed by atoms with E-state index >= 15 is 0 Å². The van der Waals surface area contributed by atoms with Gasteiger partial charge in [-0.25, -0.2) is 0 Å². The van der Waals surface area contributed by atoms with Crippen molar-refractivity contribution in [2.75, 3.05) is 6.54 Å². The lowest BCUT2D eigenvalue weighted by molar-refractivity contribution is 0.0952. The number of carbonyl (C=O) groups is 1. The van der Waals surface area contributed by atoms with Crippen molar-refractivity contribution in [3.05, 3.63) is 21.3 Å². The minimum atomic E-state index is -0.231. The maximum Gasteiger partial charge on any atom is 0.268 e. The maximum absolute atomic E-state index is 11.0. The molecule has 1 aromatic rings. The van der Waals surface area contributed by atoms with Crippen LogP contribution in [0.25, 0.3) is 0 Å². The van der Waals surface area contributed by atoms with Gasteiger partial charge in [0.05, 0.1) is 0 Å². The lowest BCUT2D eigenvalue weighted by atomic mass is 10.4. The zero-order valence-electron chi connectivity index (χ0n) is 6.01. The molecular weight excluding hydrogens is 164 g/mol. The number of H-pyrrole nitrogens is 1. The standard InChI is InChI=1S/C6H8N2O2S/c1-2-7-6(10)4-3-5(9)11-8-4/h3,8H,2H2,1H3,(H,7,10). The zero-order chi connectivity index (χ0) is 8.27. The van der Waals surface area contributed by atoms with Gasteiger partial charge in [-0.3, -0.25) is 9.59 Å². The predicted octanol–water partition coefficient (Wildman–Crippen LogP) is 0.186. The van der Waals surface area contributed by atoms with Gasteiger partial charge < -0.3 is 9.69 Å². The minimum Gasteiger partial charge on any atom is -0.351 e. The van der Waals surface area contributed by atoms with Crippen LogP contribution in [0.3, 0.4) is 0 Å². The molecule has 1 amide bonds. The van der Waals surface area contributed by atoms with Gasteiger partial charge in [-0.05, 0) is 18.5 Å². The topological polar surface area (TPSA) is 62.0 Å². The van der Waals surface area contributed by atoms with E-state index in [-0.39, 0.29) is 10.6 Å². The molecule has 0 radical (unpaired) electrons. The molecule has 0 spiro atoms. The monoisotopic (exact) mass is 172 g/mol. The Balaban J connectivity index is 2.76. The highest BCUT2D eigenvalue weighted by Gasteiger charge is 2.05. The number of hydrogen-bond donors (Lipinski definition) is 2. The van der Waals surface area contributed by atoms with E-state index in [9.17, 15) is 9.59 Å². The number of nitrogens with one attached hydrogen (secondary N) is 2. The first-order valence-electron chi connectivity index (χ1n) is 3.20. The molecule has 2 N–H and O–H groups in total. The average Bonchev–Trinajstić information content (AvgIpc) is 2.36. The van der Waals surface area contributed by atoms with Gasteiger partial charge in [-0.15, -0.1) is 0 Å². The lowest BCUT2D eigenvalue weighted by Crippen LogP contribution is -2.22. The summed E-state index contributed by atoms with van der Waals surface area (Å²) < 4.78 is 2.47. The second kappa shape index (κ2) is 3.34. The second-order valence-corrected chi connectivity index (χ2v) is 2.75. The highest BCUT2D eigenvalue weighted by Crippen LogP contribution is 1.91. The normalized spacial score (nSPS) is 9.55. The van der Waals surface area contributed by atoms with Gasteiger partial charge in [0.2, 0.25) is 4.74 Å². The van der Waals surface area contributed by atoms with Crippen molar-refractivity contribution >= 4 is 17.4 Å². The Hall–Kier alpha value is -1.10. The van der Waals surface area contributed by atoms with E-state index in [4.69, 9.17) is 0 Å². The summed E-state index contributed by atoms with van der Waals surface area (Å²) in [7, 11) is 0. The molecule has 60 valence electrons. The third-order valence-corrected chi connectivity index (χ3v) is 1.75. The Morgan fingerprint density at radius 1 is 1.82 bits per heavy atom. The van der Waals surface area contributed by atoms with Crippen molar-refractivity contribution in [3.63, 3.8) is 0 Å². The van der Waals surface area contributed by atoms with Gasteiger partial charge in [0.1, 0.15) is 5.69 Å². The van der Waals surface area contributed by atoms with Crippen molar-refractivity contribution < 1.29 is 4.79 Å². The molecule has 0 aromatic carbocycles. The van der Waals surface area contributed by atoms with Gasteiger partial charge in [-0.1, -0.05) is 0 Å². The van der Waals surface area contributed by atoms with Crippen LogP contribution in [0, 0.1) is 0 Å². The summed E-state index contributed by atoms with van der Waals surface area (Å²) in [5.41, 5.74) is 0.335. The molecule has 1 heterocycles. The smallest absolute Gasteiger partial charge is 0.268 e. The van der Waals surface area contributed by atoms with E-state index in [0.29, 0.717) is 12.2 Å². The summed E-state index contributed by atoms with van der Waals surface area (Å²) >= 11 is 0.917. The van der Waals surface area contributed by atoms with E-state index in [1.165, 1.54) is 6.07 Å². The van der Waals surface area contributed by atoms with Gasteiger partial charge >= 0.3 is 0 Å². The molecule has 0 aliphatic carbocycles. The Morgan fingerprint density at radius 3 is 3.00 bits per heavy atom. The van der Waals surface area contributed by atoms with E-state index in [1.807, 2.05) is 6.92 Å². The Kier molecular flexibility index (Phi) is 2.43. The highest BCUT2D eigenvalue weighted by atomic mass is 32.1. The largest absolute Gasteiger partial charge is 0.351 e. The van der Waals surface area contributed by atoms with Crippen LogP contribution in [0.15, 0.2) is 10.9 Å². The van der Waals surface area contributed by atoms with Crippen molar-refractivity contribution in [1.29, 1.82) is 0 Å². The fourth-order valence-electron chi connectivity index (χ4n) is 0.650. The number of aromatic amines is 1. The third kappa shape index (κ3) is 1.91. The summed E-state index contributed by atoms with van der Waals surface area (Å²) in [5, 5.41) is 2.57. The molecule has 1 aromatic heterocycles. The van der Waals surface area contributed by atoms with E-state index in [1.54, 1.807) is 0 Å². The molecule has 0 aliphatic heterocycles. The number of aromatic nitrogens is 1. The number of carbonyl (C=O) groups excluding carboxylic acids is 1. The van der Waals surface area contributed by atoms with Crippen LogP contribution in [0.4, 0.5) is 0 Å². The highest BCUT2D eigenvalue weighted by molar-refractivity contribution is 7.03. The van der Waals surface area contributed by atoms with E-state index < -0.39 is 0 Å². The molecule has 0 saturated heterocycles. The molecular formula is C6H8N2O2S. The first-order valence-corrected chi connectivity index (χ1v) is 4.02. The van der Waals surface area contributed by atoms with Crippen molar-refractivity contribution in [2.24, 2.45) is 0 Å². The number of amides is 1. The summed E-state index contributed by atoms with van der Waals surface area (Å²) in [4.78, 5) is 21.6. The molecule has 11 heavy (non-hydrogen) atoms. The fourth-order valence-corrected chi connectivity index (χ4v) is 1.19. The summed E-state index contributed by atoms with van der Waals surface area (Å²) in [6, 6.07) is 1.29. The van der Waals surface area contributed by atoms with Crippen LogP contribution >= 0.6 is 11.5 Å². The molecule has 0 bridgehead atoms. The van der Waals surface area contributed by atoms with Crippen molar-refractivity contribution in [2.45, 2.75) is 6.92 Å². The SMILES string of the molecule is CCNC(=O)c1cc(=O)s[nH]1. The number of rotatable bonds is 2. The van der Waals surface area contributed by atoms with Gasteiger partial charge in [0.15, 0.2) is 0 Å². The Bertz CT molecular complexity index is 302. The van der Waals surface area contributed by atoms with E-state index in [2.05, 4.69) is 9.69 Å². The van der Waals surface area contributed by atoms with Crippen LogP contribution in [0.2, 0.25) is 0 Å². The van der Waals surface area contributed by atoms with Crippen LogP contribution in [0.5, 0.6) is 0 Å². The van der Waals surface area contributed by atoms with Gasteiger partial charge in [0.25, 0.3) is 5.91 Å². The average molecular weight is 172 g/mol. The van der Waals surface area contributed by atoms with Crippen LogP contribution < -0.4 is 10.1 Å². The Labute approximate surface area is 67.4 Å². The van der Waals surface area contributed by atoms with Crippen LogP contribution in [-0.4, -0.2) is 16.8 Å². The van der Waals surface area contributed by atoms with Gasteiger partial charge in [0, 0.05) is 12.6 Å². The van der Waals surface area contributed by atoms with Crippen molar-refractivity contribution in [3.8, 4) is 0 Å². The lowest BCUT2D eigenvalue weighted by Gasteiger charge is -1.95. The molecule has 0 fully saturated rings. The van der Waals surface area contributed by atoms with Crippen LogP contribution in [0.1, 0.15) is 17.4 Å². The molecule has 1 rings (SSSR count). The molecule has 0 saturated carbocycles. The molecule has 5 heteroatoms. The van der Waals surface area contributed by atoms with Crippen molar-refractivity contribution in [1.82, 2.24) is 9.69 Å². The number of hydrogen-bond acceptors (Lipinski definition) is 3. The first kappa shape index (κ1) is 8.00. The third-order valence-electron chi connectivity index (χ3n) is 1.11. The summed E-state index contributed by atoms with van der Waals surface area (Å²) in [6.07, 6.45) is 0. The Morgan fingerprint density at radius 2 is 2.55 bits per heavy atom. The first-order chi connectivity index (χ1) is 5.24. The van der Waals surface area contributed by atoms with E-state index in [0.717, 1.165) is 11.5 Å². The molecule has 4 nitrogen and oxygen atoms in total. The predicted molar refractivity (Wildman–Crippen MR) is 42.9 cm³/mol. The minimum absolute atomic E-state index is 0.133. The molecule has 0 unspecified atom stereocenters. The molecule has 0 aliphatic rings. The second-order valence-electron chi connectivity index (χ2n) is 1.94. The quantitative estimate of drug-likeness (QED) is 0.668. The fraction of sp³-hybridized carbons (Fsp3) is 0.333. The summed E-state index contributed by atoms with van der Waals surface area (Å²) in [6.45, 7) is 2.39. The maximum atomic E-state index is 11.0. The zero-order valence-corrected chi connectivity index (χ0v) is 6.83. The summed E-state index contributed by atoms with van der Waals surface area (Å²) in [5.74, 6) is -0.231. The van der Waals surface area contributed by atoms with Gasteiger partial charge in [-0.2, -0.15) is 0 Å².